The van der Waals surface area contributed by atoms with Gasteiger partial charge in [0, 0.05) is 13.2 Å². The van der Waals surface area contributed by atoms with E-state index in [4.69, 9.17) is 9.84 Å². The molecule has 2 rings (SSSR count). The maximum atomic E-state index is 10.3. The predicted octanol–water partition coefficient (Wildman–Crippen LogP) is 0.432. The third kappa shape index (κ3) is 1.74. The van der Waals surface area contributed by atoms with Crippen LogP contribution in [-0.4, -0.2) is 32.2 Å². The van der Waals surface area contributed by atoms with Gasteiger partial charge in [0.15, 0.2) is 12.1 Å². The molecule has 2 aromatic heterocycles. The van der Waals surface area contributed by atoms with Gasteiger partial charge in [0.25, 0.3) is 0 Å². The maximum absolute atomic E-state index is 10.3. The number of aromatic nitrogens is 3. The number of fused-ring (bicyclic) bond motifs is 1. The van der Waals surface area contributed by atoms with Crippen LogP contribution in [0.1, 0.15) is 0 Å². The molecular weight excluding hydrogens is 198 g/mol. The highest BCUT2D eigenvalue weighted by Gasteiger charge is 2.09. The fourth-order valence-electron chi connectivity index (χ4n) is 1.27. The summed E-state index contributed by atoms with van der Waals surface area (Å²) in [4.78, 5) is 18.3. The van der Waals surface area contributed by atoms with Crippen LogP contribution in [-0.2, 0) is 11.8 Å². The Hall–Kier alpha value is -2.11. The average molecular weight is 207 g/mol. The Labute approximate surface area is 85.1 Å². The number of hydrogen-bond acceptors (Lipinski definition) is 4. The molecule has 6 heteroatoms. The molecule has 0 atom stereocenters. The van der Waals surface area contributed by atoms with E-state index in [0.29, 0.717) is 5.52 Å². The van der Waals surface area contributed by atoms with Crippen molar-refractivity contribution in [1.29, 1.82) is 0 Å². The highest BCUT2D eigenvalue weighted by molar-refractivity contribution is 5.80. The van der Waals surface area contributed by atoms with Gasteiger partial charge in [-0.25, -0.2) is 14.8 Å². The number of carbonyl (C=O) groups is 1. The summed E-state index contributed by atoms with van der Waals surface area (Å²) in [7, 11) is 1.84. The summed E-state index contributed by atoms with van der Waals surface area (Å²) in [5, 5.41) is 8.47. The highest BCUT2D eigenvalue weighted by Crippen LogP contribution is 2.20. The van der Waals surface area contributed by atoms with Crippen molar-refractivity contribution in [3.8, 4) is 5.88 Å². The molecule has 0 aliphatic rings. The van der Waals surface area contributed by atoms with Crippen molar-refractivity contribution in [1.82, 2.24) is 14.5 Å². The van der Waals surface area contributed by atoms with Gasteiger partial charge in [-0.05, 0) is 6.07 Å². The summed E-state index contributed by atoms with van der Waals surface area (Å²) in [5.74, 6) is -0.791. The van der Waals surface area contributed by atoms with Gasteiger partial charge in [-0.2, -0.15) is 0 Å². The van der Waals surface area contributed by atoms with Crippen LogP contribution in [0.2, 0.25) is 0 Å². The Morgan fingerprint density at radius 1 is 1.60 bits per heavy atom. The van der Waals surface area contributed by atoms with Gasteiger partial charge in [0.05, 0.1) is 11.8 Å². The van der Waals surface area contributed by atoms with E-state index in [1.165, 1.54) is 0 Å². The zero-order valence-electron chi connectivity index (χ0n) is 8.04. The number of carboxylic acids is 1. The SMILES string of the molecule is Cn1cnc2c(OCC(=O)O)nccc21. The summed E-state index contributed by atoms with van der Waals surface area (Å²) in [5.41, 5.74) is 1.42. The lowest BCUT2D eigenvalue weighted by molar-refractivity contribution is -0.139. The zero-order chi connectivity index (χ0) is 10.8. The van der Waals surface area contributed by atoms with Crippen molar-refractivity contribution in [3.63, 3.8) is 0 Å². The van der Waals surface area contributed by atoms with E-state index < -0.39 is 12.6 Å². The van der Waals surface area contributed by atoms with Gasteiger partial charge in [0.2, 0.25) is 5.88 Å². The third-order valence-electron chi connectivity index (χ3n) is 1.94. The number of imidazole rings is 1. The van der Waals surface area contributed by atoms with Crippen LogP contribution < -0.4 is 4.74 Å². The van der Waals surface area contributed by atoms with Crippen LogP contribution in [0, 0.1) is 0 Å². The van der Waals surface area contributed by atoms with E-state index in [2.05, 4.69) is 9.97 Å². The molecule has 0 unspecified atom stereocenters. The first-order chi connectivity index (χ1) is 7.18. The molecule has 2 aromatic rings. The second-order valence-electron chi connectivity index (χ2n) is 3.02. The first kappa shape index (κ1) is 9.45. The van der Waals surface area contributed by atoms with E-state index in [1.54, 1.807) is 18.6 Å². The minimum atomic E-state index is -1.04. The summed E-state index contributed by atoms with van der Waals surface area (Å²) in [6, 6.07) is 1.79. The van der Waals surface area contributed by atoms with Crippen LogP contribution in [0.4, 0.5) is 0 Å². The number of hydrogen-bond donors (Lipinski definition) is 1. The monoisotopic (exact) mass is 207 g/mol. The number of nitrogens with zero attached hydrogens (tertiary/aromatic N) is 3. The Balaban J connectivity index is 2.38. The quantitative estimate of drug-likeness (QED) is 0.789. The molecule has 0 radical (unpaired) electrons. The third-order valence-corrected chi connectivity index (χ3v) is 1.94. The molecule has 1 N–H and O–H groups in total. The normalized spacial score (nSPS) is 10.5. The van der Waals surface area contributed by atoms with Crippen LogP contribution in [0.15, 0.2) is 18.6 Å². The molecule has 0 amide bonds. The molecule has 0 saturated heterocycles. The summed E-state index contributed by atoms with van der Waals surface area (Å²) < 4.78 is 6.82. The van der Waals surface area contributed by atoms with Gasteiger partial charge in [0.1, 0.15) is 0 Å². The molecule has 0 aliphatic heterocycles. The molecule has 0 aliphatic carbocycles. The lowest BCUT2D eigenvalue weighted by Gasteiger charge is -2.02. The fraction of sp³-hybridized carbons (Fsp3) is 0.222. The Kier molecular flexibility index (Phi) is 2.24. The highest BCUT2D eigenvalue weighted by atomic mass is 16.5. The minimum Gasteiger partial charge on any atom is -0.479 e. The summed E-state index contributed by atoms with van der Waals surface area (Å²) in [6.07, 6.45) is 3.18. The Bertz CT molecular complexity index is 506. The largest absolute Gasteiger partial charge is 0.479 e. The second-order valence-corrected chi connectivity index (χ2v) is 3.02. The molecule has 78 valence electrons. The van der Waals surface area contributed by atoms with E-state index in [-0.39, 0.29) is 5.88 Å². The maximum Gasteiger partial charge on any atom is 0.341 e. The molecule has 0 saturated carbocycles. The van der Waals surface area contributed by atoms with Crippen LogP contribution in [0.5, 0.6) is 5.88 Å². The molecular formula is C9H9N3O3. The van der Waals surface area contributed by atoms with E-state index in [1.807, 2.05) is 11.6 Å². The molecule has 0 fully saturated rings. The van der Waals surface area contributed by atoms with Gasteiger partial charge < -0.3 is 14.4 Å². The number of carboxylic acid groups (broad SMARTS) is 1. The van der Waals surface area contributed by atoms with Gasteiger partial charge in [-0.3, -0.25) is 0 Å². The minimum absolute atomic E-state index is 0.246. The molecule has 0 aromatic carbocycles. The van der Waals surface area contributed by atoms with Crippen LogP contribution in [0.3, 0.4) is 0 Å². The van der Waals surface area contributed by atoms with E-state index in [9.17, 15) is 4.79 Å². The van der Waals surface area contributed by atoms with Crippen molar-refractivity contribution in [2.24, 2.45) is 7.05 Å². The standard InChI is InChI=1S/C9H9N3O3/c1-12-5-11-8-6(12)2-3-10-9(8)15-4-7(13)14/h2-3,5H,4H2,1H3,(H,13,14). The topological polar surface area (TPSA) is 77.2 Å². The smallest absolute Gasteiger partial charge is 0.341 e. The number of ether oxygens (including phenoxy) is 1. The zero-order valence-corrected chi connectivity index (χ0v) is 8.04. The number of aryl methyl sites for hydroxylation is 1. The van der Waals surface area contributed by atoms with Crippen molar-refractivity contribution in [2.45, 2.75) is 0 Å². The van der Waals surface area contributed by atoms with Crippen molar-refractivity contribution >= 4 is 17.0 Å². The molecule has 2 heterocycles. The van der Waals surface area contributed by atoms with Crippen molar-refractivity contribution < 1.29 is 14.6 Å². The molecule has 0 bridgehead atoms. The van der Waals surface area contributed by atoms with Crippen LogP contribution in [0.25, 0.3) is 11.0 Å². The number of rotatable bonds is 3. The van der Waals surface area contributed by atoms with Gasteiger partial charge in [-0.1, -0.05) is 0 Å². The average Bonchev–Trinajstić information content (AvgIpc) is 2.58. The molecule has 6 nitrogen and oxygen atoms in total. The van der Waals surface area contributed by atoms with E-state index >= 15 is 0 Å². The Morgan fingerprint density at radius 3 is 3.13 bits per heavy atom. The predicted molar refractivity (Wildman–Crippen MR) is 51.6 cm³/mol. The fourth-order valence-corrected chi connectivity index (χ4v) is 1.27. The molecule has 0 spiro atoms. The molecule has 15 heavy (non-hydrogen) atoms. The number of pyridine rings is 1. The van der Waals surface area contributed by atoms with Gasteiger partial charge >= 0.3 is 5.97 Å². The second kappa shape index (κ2) is 3.56. The van der Waals surface area contributed by atoms with Crippen molar-refractivity contribution in [3.05, 3.63) is 18.6 Å². The van der Waals surface area contributed by atoms with Crippen molar-refractivity contribution in [2.75, 3.05) is 6.61 Å². The Morgan fingerprint density at radius 2 is 2.40 bits per heavy atom. The lowest BCUT2D eigenvalue weighted by atomic mass is 10.4. The van der Waals surface area contributed by atoms with E-state index in [0.717, 1.165) is 5.52 Å². The van der Waals surface area contributed by atoms with Crippen LogP contribution >= 0.6 is 0 Å². The van der Waals surface area contributed by atoms with Gasteiger partial charge in [-0.15, -0.1) is 0 Å². The lowest BCUT2D eigenvalue weighted by Crippen LogP contribution is -2.10. The first-order valence-corrected chi connectivity index (χ1v) is 4.29. The summed E-state index contributed by atoms with van der Waals surface area (Å²) in [6.45, 7) is -0.414. The number of aliphatic carboxylic acids is 1. The first-order valence-electron chi connectivity index (χ1n) is 4.29. The summed E-state index contributed by atoms with van der Waals surface area (Å²) >= 11 is 0.